The van der Waals surface area contributed by atoms with Gasteiger partial charge in [0.1, 0.15) is 5.82 Å². The summed E-state index contributed by atoms with van der Waals surface area (Å²) in [4.78, 5) is 0. The fourth-order valence-electron chi connectivity index (χ4n) is 1.58. The summed E-state index contributed by atoms with van der Waals surface area (Å²) in [6, 6.07) is 5.59. The van der Waals surface area contributed by atoms with Gasteiger partial charge in [-0.3, -0.25) is 4.57 Å². The van der Waals surface area contributed by atoms with Crippen LogP contribution in [-0.2, 0) is 13.6 Å². The zero-order valence-corrected chi connectivity index (χ0v) is 12.4. The van der Waals surface area contributed by atoms with Crippen molar-refractivity contribution in [3.63, 3.8) is 0 Å². The molecule has 1 aromatic rings. The van der Waals surface area contributed by atoms with Crippen LogP contribution in [0, 0.1) is 5.82 Å². The third-order valence-corrected chi connectivity index (χ3v) is 4.51. The lowest BCUT2D eigenvalue weighted by Crippen LogP contribution is -2.14. The lowest BCUT2D eigenvalue weighted by molar-refractivity contribution is 0.0999. The normalized spacial score (nSPS) is 14.1. The molecule has 0 radical (unpaired) electrons. The van der Waals surface area contributed by atoms with Crippen molar-refractivity contribution >= 4 is 7.60 Å². The maximum Gasteiger partial charge on any atom is 0.364 e. The highest BCUT2D eigenvalue weighted by molar-refractivity contribution is 7.54. The van der Waals surface area contributed by atoms with Crippen LogP contribution in [0.15, 0.2) is 24.3 Å². The zero-order chi connectivity index (χ0) is 14.6. The first-order chi connectivity index (χ1) is 8.76. The van der Waals surface area contributed by atoms with Crippen molar-refractivity contribution in [1.82, 2.24) is 0 Å². The van der Waals surface area contributed by atoms with E-state index in [-0.39, 0.29) is 5.56 Å². The molecule has 0 amide bonds. The van der Waals surface area contributed by atoms with Crippen molar-refractivity contribution in [3.8, 4) is 0 Å². The SMILES string of the molecule is CC(C)OP(=O)(OC(C)C)[C@H](O)c1ccccc1F. The number of halogens is 1. The Balaban J connectivity index is 3.11. The highest BCUT2D eigenvalue weighted by atomic mass is 31.2. The molecule has 1 aromatic carbocycles. The summed E-state index contributed by atoms with van der Waals surface area (Å²) in [6.07, 6.45) is -0.822. The minimum Gasteiger partial charge on any atom is -0.376 e. The Bertz CT molecular complexity index is 448. The highest BCUT2D eigenvalue weighted by Crippen LogP contribution is 2.61. The predicted octanol–water partition coefficient (Wildman–Crippen LogP) is 3.86. The second-order valence-electron chi connectivity index (χ2n) is 4.74. The average Bonchev–Trinajstić information content (AvgIpc) is 2.26. The molecule has 19 heavy (non-hydrogen) atoms. The van der Waals surface area contributed by atoms with Gasteiger partial charge >= 0.3 is 7.60 Å². The predicted molar refractivity (Wildman–Crippen MR) is 71.4 cm³/mol. The molecule has 0 fully saturated rings. The van der Waals surface area contributed by atoms with E-state index >= 15 is 0 Å². The van der Waals surface area contributed by atoms with Gasteiger partial charge in [-0.15, -0.1) is 0 Å². The van der Waals surface area contributed by atoms with Gasteiger partial charge in [-0.2, -0.15) is 0 Å². The van der Waals surface area contributed by atoms with Crippen LogP contribution in [0.5, 0.6) is 0 Å². The third-order valence-electron chi connectivity index (χ3n) is 2.20. The van der Waals surface area contributed by atoms with Crippen LogP contribution in [0.4, 0.5) is 4.39 Å². The smallest absolute Gasteiger partial charge is 0.364 e. The van der Waals surface area contributed by atoms with Crippen LogP contribution >= 0.6 is 7.60 Å². The van der Waals surface area contributed by atoms with Crippen molar-refractivity contribution in [2.75, 3.05) is 0 Å². The van der Waals surface area contributed by atoms with Crippen LogP contribution < -0.4 is 0 Å². The number of hydrogen-bond acceptors (Lipinski definition) is 4. The summed E-state index contributed by atoms with van der Waals surface area (Å²) >= 11 is 0. The molecule has 0 aliphatic rings. The van der Waals surface area contributed by atoms with E-state index in [1.165, 1.54) is 18.2 Å². The molecule has 6 heteroatoms. The molecule has 1 N–H and O–H groups in total. The van der Waals surface area contributed by atoms with Crippen LogP contribution in [0.3, 0.4) is 0 Å². The summed E-state index contributed by atoms with van der Waals surface area (Å²) in [6.45, 7) is 6.68. The van der Waals surface area contributed by atoms with Gasteiger partial charge in [0.2, 0.25) is 0 Å². The van der Waals surface area contributed by atoms with Crippen molar-refractivity contribution in [2.45, 2.75) is 45.7 Å². The zero-order valence-electron chi connectivity index (χ0n) is 11.5. The van der Waals surface area contributed by atoms with Gasteiger partial charge in [0.05, 0.1) is 12.2 Å². The lowest BCUT2D eigenvalue weighted by Gasteiger charge is -2.27. The topological polar surface area (TPSA) is 55.8 Å². The molecule has 108 valence electrons. The molecule has 0 aliphatic heterocycles. The minimum atomic E-state index is -3.86. The summed E-state index contributed by atoms with van der Waals surface area (Å²) in [5.41, 5.74) is -0.0906. The summed E-state index contributed by atoms with van der Waals surface area (Å²) in [5.74, 6) is -2.28. The molecule has 0 saturated heterocycles. The van der Waals surface area contributed by atoms with Crippen molar-refractivity contribution < 1.29 is 23.1 Å². The molecule has 4 nitrogen and oxygen atoms in total. The van der Waals surface area contributed by atoms with E-state index < -0.39 is 31.5 Å². The van der Waals surface area contributed by atoms with Gasteiger partial charge in [0.15, 0.2) is 5.85 Å². The summed E-state index contributed by atoms with van der Waals surface area (Å²) in [7, 11) is -3.86. The highest BCUT2D eigenvalue weighted by Gasteiger charge is 2.39. The van der Waals surface area contributed by atoms with E-state index in [4.69, 9.17) is 9.05 Å². The van der Waals surface area contributed by atoms with Crippen LogP contribution in [0.1, 0.15) is 39.1 Å². The molecule has 1 atom stereocenters. The molecular weight excluding hydrogens is 270 g/mol. The number of hydrogen-bond donors (Lipinski definition) is 1. The molecule has 0 aromatic heterocycles. The number of rotatable bonds is 6. The van der Waals surface area contributed by atoms with Gasteiger partial charge in [-0.05, 0) is 33.8 Å². The van der Waals surface area contributed by atoms with E-state index in [9.17, 15) is 14.1 Å². The van der Waals surface area contributed by atoms with Gasteiger partial charge < -0.3 is 14.2 Å². The molecule has 0 heterocycles. The van der Waals surface area contributed by atoms with Gasteiger partial charge in [0, 0.05) is 5.56 Å². The van der Waals surface area contributed by atoms with E-state index in [1.807, 2.05) is 0 Å². The van der Waals surface area contributed by atoms with E-state index in [0.29, 0.717) is 0 Å². The fourth-order valence-corrected chi connectivity index (χ4v) is 3.59. The summed E-state index contributed by atoms with van der Waals surface area (Å²) in [5, 5.41) is 10.2. The van der Waals surface area contributed by atoms with Crippen molar-refractivity contribution in [3.05, 3.63) is 35.6 Å². The largest absolute Gasteiger partial charge is 0.376 e. The molecule has 0 saturated carbocycles. The Labute approximate surface area is 113 Å². The number of aliphatic hydroxyl groups is 1. The Morgan fingerprint density at radius 1 is 1.11 bits per heavy atom. The number of benzene rings is 1. The first-order valence-electron chi connectivity index (χ1n) is 6.15. The molecule has 0 unspecified atom stereocenters. The monoisotopic (exact) mass is 290 g/mol. The maximum atomic E-state index is 13.7. The minimum absolute atomic E-state index is 0.0906. The van der Waals surface area contributed by atoms with E-state index in [2.05, 4.69) is 0 Å². The van der Waals surface area contributed by atoms with Crippen LogP contribution in [0.25, 0.3) is 0 Å². The van der Waals surface area contributed by atoms with Gasteiger partial charge in [0.25, 0.3) is 0 Å². The molecule has 0 aliphatic carbocycles. The second kappa shape index (κ2) is 6.62. The third kappa shape index (κ3) is 4.39. The maximum absolute atomic E-state index is 13.7. The molecule has 0 spiro atoms. The number of aliphatic hydroxyl groups excluding tert-OH is 1. The van der Waals surface area contributed by atoms with Gasteiger partial charge in [-0.1, -0.05) is 18.2 Å². The molecule has 0 bridgehead atoms. The van der Waals surface area contributed by atoms with Crippen LogP contribution in [-0.4, -0.2) is 17.3 Å². The fraction of sp³-hybridized carbons (Fsp3) is 0.538. The van der Waals surface area contributed by atoms with E-state index in [0.717, 1.165) is 0 Å². The Morgan fingerprint density at radius 3 is 2.00 bits per heavy atom. The van der Waals surface area contributed by atoms with Crippen molar-refractivity contribution in [1.29, 1.82) is 0 Å². The van der Waals surface area contributed by atoms with Crippen LogP contribution in [0.2, 0.25) is 0 Å². The molecular formula is C13H20FO4P. The van der Waals surface area contributed by atoms with E-state index in [1.54, 1.807) is 33.8 Å². The first kappa shape index (κ1) is 16.3. The average molecular weight is 290 g/mol. The quantitative estimate of drug-likeness (QED) is 0.808. The Kier molecular flexibility index (Phi) is 5.68. The Morgan fingerprint density at radius 2 is 1.58 bits per heavy atom. The molecule has 1 rings (SSSR count). The van der Waals surface area contributed by atoms with Crippen molar-refractivity contribution in [2.24, 2.45) is 0 Å². The standard InChI is InChI=1S/C13H20FO4P/c1-9(2)17-19(16,18-10(3)4)13(15)11-7-5-6-8-12(11)14/h5-10,13,15H,1-4H3/t13-/m0/s1. The lowest BCUT2D eigenvalue weighted by atomic mass is 10.2. The summed E-state index contributed by atoms with van der Waals surface area (Å²) < 4.78 is 36.8. The van der Waals surface area contributed by atoms with Gasteiger partial charge in [-0.25, -0.2) is 4.39 Å². The second-order valence-corrected chi connectivity index (χ2v) is 6.73. The first-order valence-corrected chi connectivity index (χ1v) is 7.76. The Hall–Kier alpha value is -0.740.